The molecule has 9 aromatic carbocycles. The monoisotopic (exact) mass is 756 g/mol. The first-order valence-corrected chi connectivity index (χ1v) is 20.8. The van der Waals surface area contributed by atoms with Gasteiger partial charge in [-0.15, -0.1) is 0 Å². The molecule has 0 spiro atoms. The summed E-state index contributed by atoms with van der Waals surface area (Å²) in [5.41, 5.74) is 11.9. The third-order valence-electron chi connectivity index (χ3n) is 11.1. The molecule has 0 unspecified atom stereocenters. The van der Waals surface area contributed by atoms with Crippen LogP contribution in [0.25, 0.3) is 107 Å². The van der Waals surface area contributed by atoms with Crippen LogP contribution in [0.4, 0.5) is 0 Å². The van der Waals surface area contributed by atoms with E-state index in [9.17, 15) is 0 Å². The Labute approximate surface area is 318 Å². The Kier molecular flexibility index (Phi) is 7.07. The van der Waals surface area contributed by atoms with Crippen molar-refractivity contribution in [3.05, 3.63) is 180 Å². The summed E-state index contributed by atoms with van der Waals surface area (Å²) >= 11 is 1.93. The Hall–Kier alpha value is -5.76. The molecule has 2 aromatic heterocycles. The average molecular weight is 756 g/mol. The maximum atomic E-state index is 2.51. The quantitative estimate of drug-likeness (QED) is 0.124. The van der Waals surface area contributed by atoms with E-state index in [1.807, 2.05) is 0 Å². The van der Waals surface area contributed by atoms with Crippen LogP contribution in [-0.4, -0.2) is 14.5 Å². The Bertz CT molecular complexity index is 3120. The number of benzene rings is 9. The number of hydrogen-bond donors (Lipinski definition) is 0. The number of aryl methyl sites for hydroxylation is 1. The van der Waals surface area contributed by atoms with Crippen LogP contribution in [0.2, 0.25) is 0 Å². The second-order valence-corrected chi connectivity index (χ2v) is 17.0. The summed E-state index contributed by atoms with van der Waals surface area (Å²) in [5, 5.41) is 17.8. The summed E-state index contributed by atoms with van der Waals surface area (Å²) in [4.78, 5) is 0. The van der Waals surface area contributed by atoms with Gasteiger partial charge >= 0.3 is 320 Å². The van der Waals surface area contributed by atoms with Gasteiger partial charge in [-0.2, -0.15) is 0 Å². The van der Waals surface area contributed by atoms with E-state index < -0.39 is 0 Å². The van der Waals surface area contributed by atoms with E-state index in [0.717, 1.165) is 0 Å². The molecule has 0 atom stereocenters. The van der Waals surface area contributed by atoms with Gasteiger partial charge in [-0.1, -0.05) is 0 Å². The van der Waals surface area contributed by atoms with E-state index in [-0.39, 0.29) is 14.5 Å². The topological polar surface area (TPSA) is 0 Å². The van der Waals surface area contributed by atoms with Gasteiger partial charge < -0.3 is 0 Å². The van der Waals surface area contributed by atoms with E-state index >= 15 is 0 Å². The zero-order valence-electron chi connectivity index (χ0n) is 29.1. The first-order valence-electron chi connectivity index (χ1n) is 18.2. The normalized spacial score (nSPS) is 11.9. The molecule has 0 amide bonds. The molecule has 11 rings (SSSR count). The van der Waals surface area contributed by atoms with Crippen molar-refractivity contribution in [3.8, 4) is 44.5 Å². The van der Waals surface area contributed by atoms with Crippen LogP contribution >= 0.6 is 11.3 Å². The minimum absolute atomic E-state index is 0.137. The predicted octanol–water partition coefficient (Wildman–Crippen LogP) is 14.7. The van der Waals surface area contributed by atoms with Crippen molar-refractivity contribution in [1.82, 2.24) is 0 Å². The number of rotatable bonds is 4. The average Bonchev–Trinajstić information content (AvgIpc) is 3.81. The second-order valence-electron chi connectivity index (χ2n) is 14.0. The van der Waals surface area contributed by atoms with Crippen molar-refractivity contribution in [2.75, 3.05) is 0 Å². The van der Waals surface area contributed by atoms with E-state index in [1.54, 1.807) is 11.3 Å². The molecule has 0 N–H and O–H groups in total. The first kappa shape index (κ1) is 30.8. The molecule has 11 aromatic rings. The van der Waals surface area contributed by atoms with Gasteiger partial charge in [0.25, 0.3) is 0 Å². The van der Waals surface area contributed by atoms with Crippen molar-refractivity contribution in [2.45, 2.75) is 6.92 Å². The molecule has 0 saturated carbocycles. The predicted molar refractivity (Wildman–Crippen MR) is 233 cm³/mol. The number of thiophene rings is 1. The van der Waals surface area contributed by atoms with Crippen molar-refractivity contribution >= 4 is 88.2 Å². The minimum atomic E-state index is 0.137. The molecular weight excluding hydrogens is 724 g/mol. The summed E-state index contributed by atoms with van der Waals surface area (Å²) in [6.45, 7) is 2.24. The Morgan fingerprint density at radius 2 is 0.830 bits per heavy atom. The Morgan fingerprint density at radius 1 is 0.358 bits per heavy atom. The molecule has 248 valence electrons. The molecule has 0 aliphatic rings. The van der Waals surface area contributed by atoms with Gasteiger partial charge in [0.15, 0.2) is 0 Å². The molecule has 2 heteroatoms. The zero-order chi connectivity index (χ0) is 35.0. The fourth-order valence-corrected chi connectivity index (χ4v) is 12.3. The van der Waals surface area contributed by atoms with E-state index in [0.29, 0.717) is 0 Å². The summed E-state index contributed by atoms with van der Waals surface area (Å²) in [5.74, 6) is 0. The summed E-state index contributed by atoms with van der Waals surface area (Å²) < 4.78 is 2.94. The van der Waals surface area contributed by atoms with Crippen LogP contribution in [0, 0.1) is 6.92 Å². The van der Waals surface area contributed by atoms with Crippen LogP contribution in [0.15, 0.2) is 175 Å². The summed E-state index contributed by atoms with van der Waals surface area (Å²) in [7, 11) is 0. The van der Waals surface area contributed by atoms with Gasteiger partial charge in [-0.05, 0) is 0 Å². The van der Waals surface area contributed by atoms with Gasteiger partial charge in [0.2, 0.25) is 0 Å². The second kappa shape index (κ2) is 12.2. The maximum absolute atomic E-state index is 2.51. The van der Waals surface area contributed by atoms with Crippen LogP contribution in [0.1, 0.15) is 5.56 Å². The molecule has 0 bridgehead atoms. The van der Waals surface area contributed by atoms with E-state index in [4.69, 9.17) is 0 Å². The summed E-state index contributed by atoms with van der Waals surface area (Å²) in [6, 6.07) is 61.2. The van der Waals surface area contributed by atoms with Crippen LogP contribution in [0.3, 0.4) is 0 Å². The van der Waals surface area contributed by atoms with Crippen LogP contribution in [0.5, 0.6) is 0 Å². The van der Waals surface area contributed by atoms with E-state index in [2.05, 4.69) is 181 Å². The van der Waals surface area contributed by atoms with Gasteiger partial charge in [0.1, 0.15) is 0 Å². The summed E-state index contributed by atoms with van der Waals surface area (Å²) in [6.07, 6.45) is 0. The van der Waals surface area contributed by atoms with Gasteiger partial charge in [-0.3, -0.25) is 0 Å². The van der Waals surface area contributed by atoms with Crippen LogP contribution < -0.4 is 0 Å². The molecular formula is C51H32SSe. The molecule has 0 aliphatic carbocycles. The van der Waals surface area contributed by atoms with Gasteiger partial charge in [0, 0.05) is 0 Å². The molecule has 0 saturated heterocycles. The van der Waals surface area contributed by atoms with Gasteiger partial charge in [-0.25, -0.2) is 0 Å². The van der Waals surface area contributed by atoms with Crippen molar-refractivity contribution in [1.29, 1.82) is 0 Å². The van der Waals surface area contributed by atoms with Crippen LogP contribution in [-0.2, 0) is 0 Å². The zero-order valence-corrected chi connectivity index (χ0v) is 31.6. The Morgan fingerprint density at radius 3 is 1.36 bits per heavy atom. The molecule has 2 heterocycles. The Balaban J connectivity index is 1.18. The number of hydrogen-bond acceptors (Lipinski definition) is 1. The molecule has 0 radical (unpaired) electrons. The molecule has 0 fully saturated rings. The fourth-order valence-electron chi connectivity index (χ4n) is 8.83. The van der Waals surface area contributed by atoms with Gasteiger partial charge in [0.05, 0.1) is 0 Å². The SMILES string of the molecule is Cc1cscc1-c1c2ccccc2c(-c2cccc3c2[se]c2cc(-c4c5ccccc5c(-c5ccccc5)c5ccccc45)ccc23)c2ccccc12. The van der Waals surface area contributed by atoms with Crippen molar-refractivity contribution in [2.24, 2.45) is 0 Å². The molecule has 53 heavy (non-hydrogen) atoms. The third-order valence-corrected chi connectivity index (χ3v) is 14.5. The fraction of sp³-hybridized carbons (Fsp3) is 0.0196. The standard InChI is InChI=1S/C51H32SSe/c1-31-29-52-30-45(31)50-41-22-11-9-20-39(41)49(40-21-10-12-23-42(40)50)44-25-13-24-43-34-27-26-33(28-46(34)53-51(43)44)48-37-18-7-5-16-35(37)47(32-14-3-2-4-15-32)36-17-6-8-19-38(36)48/h2-30H,1H3. The first-order chi connectivity index (χ1) is 26.2. The third kappa shape index (κ3) is 4.67. The van der Waals surface area contributed by atoms with Crippen molar-refractivity contribution in [3.63, 3.8) is 0 Å². The number of fused-ring (bicyclic) bond motifs is 7. The molecule has 0 aliphatic heterocycles. The van der Waals surface area contributed by atoms with E-state index in [1.165, 1.54) is 112 Å². The van der Waals surface area contributed by atoms with Crippen molar-refractivity contribution < 1.29 is 0 Å². The molecule has 0 nitrogen and oxygen atoms in total.